The van der Waals surface area contributed by atoms with E-state index < -0.39 is 0 Å². The Balaban J connectivity index is 1.82. The van der Waals surface area contributed by atoms with Crippen LogP contribution in [0.2, 0.25) is 0 Å². The Kier molecular flexibility index (Phi) is 4.22. The molecule has 0 unspecified atom stereocenters. The molecule has 6 heteroatoms. The summed E-state index contributed by atoms with van der Waals surface area (Å²) in [6.07, 6.45) is 1.63. The molecule has 2 aromatic rings. The van der Waals surface area contributed by atoms with E-state index in [2.05, 4.69) is 5.43 Å². The summed E-state index contributed by atoms with van der Waals surface area (Å²) < 4.78 is 13.6. The summed E-state index contributed by atoms with van der Waals surface area (Å²) in [5.74, 6) is -0.588. The van der Waals surface area contributed by atoms with Gasteiger partial charge >= 0.3 is 0 Å². The van der Waals surface area contributed by atoms with Crippen LogP contribution in [0, 0.1) is 5.82 Å². The number of carbonyl (C=O) groups is 1. The van der Waals surface area contributed by atoms with Crippen LogP contribution in [0.4, 0.5) is 10.1 Å². The van der Waals surface area contributed by atoms with Gasteiger partial charge in [0.1, 0.15) is 5.82 Å². The van der Waals surface area contributed by atoms with Gasteiger partial charge in [-0.15, -0.1) is 0 Å². The molecular weight excluding hydrogens is 319 g/mol. The molecular formula is C16H11FN2OS2. The van der Waals surface area contributed by atoms with Gasteiger partial charge in [-0.3, -0.25) is 10.2 Å². The van der Waals surface area contributed by atoms with Crippen LogP contribution in [-0.2, 0) is 4.79 Å². The Hall–Kier alpha value is -2.18. The number of benzene rings is 2. The lowest BCUT2D eigenvalue weighted by Gasteiger charge is -2.16. The third-order valence-corrected chi connectivity index (χ3v) is 4.26. The van der Waals surface area contributed by atoms with Gasteiger partial charge in [0, 0.05) is 0 Å². The highest BCUT2D eigenvalue weighted by Gasteiger charge is 2.32. The lowest BCUT2D eigenvalue weighted by Crippen LogP contribution is -2.33. The topological polar surface area (TPSA) is 32.3 Å². The fourth-order valence-corrected chi connectivity index (χ4v) is 3.13. The van der Waals surface area contributed by atoms with Gasteiger partial charge in [-0.25, -0.2) is 9.40 Å². The fraction of sp³-hybridized carbons (Fsp3) is 0. The van der Waals surface area contributed by atoms with Crippen LogP contribution < -0.4 is 5.43 Å². The molecule has 1 fully saturated rings. The number of nitrogens with one attached hydrogen (secondary N) is 1. The molecule has 0 bridgehead atoms. The van der Waals surface area contributed by atoms with Crippen molar-refractivity contribution in [3.8, 4) is 0 Å². The predicted molar refractivity (Wildman–Crippen MR) is 91.5 cm³/mol. The van der Waals surface area contributed by atoms with E-state index in [1.807, 2.05) is 30.3 Å². The molecule has 1 heterocycles. The number of carbonyl (C=O) groups excluding carboxylic acids is 1. The number of para-hydroxylation sites is 1. The molecule has 110 valence electrons. The van der Waals surface area contributed by atoms with Gasteiger partial charge in [0.2, 0.25) is 0 Å². The Labute approximate surface area is 136 Å². The van der Waals surface area contributed by atoms with Crippen LogP contribution in [0.3, 0.4) is 0 Å². The molecule has 0 aromatic heterocycles. The maximum absolute atomic E-state index is 13.2. The zero-order valence-electron chi connectivity index (χ0n) is 11.3. The summed E-state index contributed by atoms with van der Waals surface area (Å²) in [5.41, 5.74) is 4.37. The van der Waals surface area contributed by atoms with Crippen molar-refractivity contribution < 1.29 is 9.18 Å². The molecule has 1 aliphatic rings. The average Bonchev–Trinajstić information content (AvgIpc) is 2.76. The predicted octanol–water partition coefficient (Wildman–Crippen LogP) is 4.05. The normalized spacial score (nSPS) is 16.4. The smallest absolute Gasteiger partial charge is 0.285 e. The van der Waals surface area contributed by atoms with Gasteiger partial charge in [0.05, 0.1) is 10.6 Å². The van der Waals surface area contributed by atoms with Crippen LogP contribution >= 0.6 is 24.0 Å². The molecule has 0 spiro atoms. The number of hydrogen-bond acceptors (Lipinski definition) is 4. The monoisotopic (exact) mass is 330 g/mol. The molecule has 3 nitrogen and oxygen atoms in total. The first-order valence-electron chi connectivity index (χ1n) is 6.49. The molecule has 2 aromatic carbocycles. The number of hydrazine groups is 1. The van der Waals surface area contributed by atoms with Crippen molar-refractivity contribution in [2.45, 2.75) is 0 Å². The maximum atomic E-state index is 13.2. The molecule has 1 amide bonds. The summed E-state index contributed by atoms with van der Waals surface area (Å²) in [4.78, 5) is 12.9. The molecule has 1 aliphatic heterocycles. The van der Waals surface area contributed by atoms with E-state index in [0.29, 0.717) is 14.8 Å². The Bertz CT molecular complexity index is 762. The highest BCUT2D eigenvalue weighted by Crippen LogP contribution is 2.32. The first-order valence-corrected chi connectivity index (χ1v) is 7.71. The van der Waals surface area contributed by atoms with Crippen molar-refractivity contribution >= 4 is 46.0 Å². The second kappa shape index (κ2) is 6.29. The molecule has 0 aliphatic carbocycles. The molecule has 22 heavy (non-hydrogen) atoms. The summed E-state index contributed by atoms with van der Waals surface area (Å²) in [6, 6.07) is 15.4. The summed E-state index contributed by atoms with van der Waals surface area (Å²) in [5, 5.41) is 1.32. The minimum atomic E-state index is -0.341. The molecule has 1 N–H and O–H groups in total. The summed E-state index contributed by atoms with van der Waals surface area (Å²) in [6.45, 7) is 0. The van der Waals surface area contributed by atoms with Gasteiger partial charge in [-0.1, -0.05) is 42.1 Å². The number of rotatable bonds is 3. The van der Waals surface area contributed by atoms with Crippen molar-refractivity contribution in [1.29, 1.82) is 0 Å². The first kappa shape index (κ1) is 14.7. The number of hydrogen-bond donors (Lipinski definition) is 1. The summed E-state index contributed by atoms with van der Waals surface area (Å²) in [7, 11) is 0. The van der Waals surface area contributed by atoms with Gasteiger partial charge in [-0.05, 0) is 48.1 Å². The lowest BCUT2D eigenvalue weighted by atomic mass is 10.2. The van der Waals surface area contributed by atoms with E-state index in [1.54, 1.807) is 18.2 Å². The summed E-state index contributed by atoms with van der Waals surface area (Å²) >= 11 is 6.41. The van der Waals surface area contributed by atoms with Crippen molar-refractivity contribution in [2.75, 3.05) is 5.43 Å². The highest BCUT2D eigenvalue weighted by molar-refractivity contribution is 8.26. The minimum Gasteiger partial charge on any atom is -0.290 e. The standard InChI is InChI=1S/C16H11FN2OS2/c17-12-6-4-5-11(9-12)10-14-15(20)19(16(21)22-14)18-13-7-2-1-3-8-13/h1-10,18H/b14-10-. The van der Waals surface area contributed by atoms with Crippen molar-refractivity contribution in [1.82, 2.24) is 5.01 Å². The van der Waals surface area contributed by atoms with E-state index >= 15 is 0 Å². The molecule has 3 rings (SSSR count). The molecule has 1 saturated heterocycles. The number of halogens is 1. The quantitative estimate of drug-likeness (QED) is 0.680. The number of thiocarbonyl (C=S) groups is 1. The van der Waals surface area contributed by atoms with Crippen LogP contribution in [0.15, 0.2) is 59.5 Å². The Morgan fingerprint density at radius 2 is 1.91 bits per heavy atom. The lowest BCUT2D eigenvalue weighted by molar-refractivity contribution is -0.121. The van der Waals surface area contributed by atoms with E-state index in [-0.39, 0.29) is 11.7 Å². The number of amides is 1. The van der Waals surface area contributed by atoms with Crippen molar-refractivity contribution in [3.05, 3.63) is 70.9 Å². The van der Waals surface area contributed by atoms with Gasteiger partial charge in [0.25, 0.3) is 5.91 Å². The number of nitrogens with zero attached hydrogens (tertiary/aromatic N) is 1. The maximum Gasteiger partial charge on any atom is 0.285 e. The average molecular weight is 330 g/mol. The second-order valence-electron chi connectivity index (χ2n) is 4.55. The van der Waals surface area contributed by atoms with E-state index in [0.717, 1.165) is 5.69 Å². The van der Waals surface area contributed by atoms with Crippen LogP contribution in [-0.4, -0.2) is 15.2 Å². The Morgan fingerprint density at radius 1 is 1.14 bits per heavy atom. The highest BCUT2D eigenvalue weighted by atomic mass is 32.2. The van der Waals surface area contributed by atoms with E-state index in [9.17, 15) is 9.18 Å². The van der Waals surface area contributed by atoms with Gasteiger partial charge in [0.15, 0.2) is 4.32 Å². The van der Waals surface area contributed by atoms with Crippen LogP contribution in [0.1, 0.15) is 5.56 Å². The van der Waals surface area contributed by atoms with Gasteiger partial charge < -0.3 is 0 Å². The molecule has 0 atom stereocenters. The second-order valence-corrected chi connectivity index (χ2v) is 6.23. The molecule has 0 saturated carbocycles. The van der Waals surface area contributed by atoms with Crippen LogP contribution in [0.25, 0.3) is 6.08 Å². The van der Waals surface area contributed by atoms with Crippen molar-refractivity contribution in [2.24, 2.45) is 0 Å². The fourth-order valence-electron chi connectivity index (χ4n) is 1.95. The third kappa shape index (κ3) is 3.18. The zero-order chi connectivity index (χ0) is 15.5. The Morgan fingerprint density at radius 3 is 2.64 bits per heavy atom. The SMILES string of the molecule is O=C1/C(=C/c2cccc(F)c2)SC(=S)N1Nc1ccccc1. The van der Waals surface area contributed by atoms with E-state index in [4.69, 9.17) is 12.2 Å². The number of anilines is 1. The minimum absolute atomic E-state index is 0.247. The number of thioether (sulfide) groups is 1. The zero-order valence-corrected chi connectivity index (χ0v) is 13.0. The molecule has 0 radical (unpaired) electrons. The van der Waals surface area contributed by atoms with Gasteiger partial charge in [-0.2, -0.15) is 0 Å². The largest absolute Gasteiger partial charge is 0.290 e. The van der Waals surface area contributed by atoms with Crippen molar-refractivity contribution in [3.63, 3.8) is 0 Å². The first-order chi connectivity index (χ1) is 10.6. The van der Waals surface area contributed by atoms with Crippen LogP contribution in [0.5, 0.6) is 0 Å². The van der Waals surface area contributed by atoms with E-state index in [1.165, 1.54) is 28.9 Å². The third-order valence-electron chi connectivity index (χ3n) is 2.95.